The summed E-state index contributed by atoms with van der Waals surface area (Å²) < 4.78 is 10.6. The number of nitrogens with one attached hydrogen (secondary N) is 1. The fraction of sp³-hybridized carbons (Fsp3) is 0.926. The Morgan fingerprint density at radius 2 is 1.03 bits per heavy atom. The molecule has 0 aliphatic carbocycles. The fourth-order valence-electron chi connectivity index (χ4n) is 3.65. The summed E-state index contributed by atoms with van der Waals surface area (Å²) in [6, 6.07) is -0.705. The van der Waals surface area contributed by atoms with Gasteiger partial charge in [-0.25, -0.2) is 9.59 Å². The van der Waals surface area contributed by atoms with E-state index in [-0.39, 0.29) is 5.97 Å². The van der Waals surface area contributed by atoms with Gasteiger partial charge in [0.05, 0.1) is 13.2 Å². The number of hydrogen-bond donors (Lipinski definition) is 1. The first-order valence-electron chi connectivity index (χ1n) is 13.4. The first kappa shape index (κ1) is 30.7. The van der Waals surface area contributed by atoms with Crippen LogP contribution in [0, 0.1) is 5.41 Å². The molecule has 0 aromatic rings. The zero-order valence-corrected chi connectivity index (χ0v) is 21.9. The zero-order chi connectivity index (χ0) is 24.1. The molecule has 0 heterocycles. The summed E-state index contributed by atoms with van der Waals surface area (Å²) in [4.78, 5) is 24.4. The molecular formula is C27H53NO4. The molecule has 190 valence electrons. The molecule has 1 atom stereocenters. The molecule has 0 bridgehead atoms. The summed E-state index contributed by atoms with van der Waals surface area (Å²) in [6.07, 6.45) is 19.4. The van der Waals surface area contributed by atoms with Gasteiger partial charge in [-0.1, -0.05) is 125 Å². The largest absolute Gasteiger partial charge is 0.464 e. The Balaban J connectivity index is 3.76. The van der Waals surface area contributed by atoms with Crippen molar-refractivity contribution in [2.45, 2.75) is 143 Å². The van der Waals surface area contributed by atoms with Crippen LogP contribution in [0.3, 0.4) is 0 Å². The molecule has 0 saturated carbocycles. The standard InChI is InChI=1S/C27H53NO4/c1-6-8-10-11-12-13-14-15-16-17-18-19-20-21-23-31-25(29)24(27(3,4)5)28-26(30)32-22-9-7-2/h24H,6-23H2,1-5H3,(H,28,30). The summed E-state index contributed by atoms with van der Waals surface area (Å²) in [6.45, 7) is 10.8. The summed E-state index contributed by atoms with van der Waals surface area (Å²) >= 11 is 0. The van der Waals surface area contributed by atoms with E-state index in [1.54, 1.807) is 0 Å². The molecule has 0 fully saturated rings. The predicted octanol–water partition coefficient (Wildman–Crippen LogP) is 7.95. The van der Waals surface area contributed by atoms with Crippen molar-refractivity contribution < 1.29 is 19.1 Å². The van der Waals surface area contributed by atoms with E-state index in [9.17, 15) is 9.59 Å². The highest BCUT2D eigenvalue weighted by Crippen LogP contribution is 2.21. The highest BCUT2D eigenvalue weighted by atomic mass is 16.6. The zero-order valence-electron chi connectivity index (χ0n) is 21.9. The molecule has 0 aromatic heterocycles. The van der Waals surface area contributed by atoms with Crippen LogP contribution in [0.1, 0.15) is 137 Å². The molecule has 0 aliphatic heterocycles. The Hall–Kier alpha value is -1.26. The second-order valence-electron chi connectivity index (χ2n) is 10.2. The topological polar surface area (TPSA) is 64.6 Å². The van der Waals surface area contributed by atoms with Gasteiger partial charge in [-0.05, 0) is 18.3 Å². The average molecular weight is 456 g/mol. The van der Waals surface area contributed by atoms with Crippen LogP contribution in [-0.4, -0.2) is 31.3 Å². The maximum atomic E-state index is 12.5. The van der Waals surface area contributed by atoms with Crippen LogP contribution in [0.4, 0.5) is 4.79 Å². The third-order valence-corrected chi connectivity index (χ3v) is 5.84. The first-order chi connectivity index (χ1) is 15.3. The van der Waals surface area contributed by atoms with Gasteiger partial charge in [0.25, 0.3) is 0 Å². The Morgan fingerprint density at radius 3 is 1.47 bits per heavy atom. The van der Waals surface area contributed by atoms with Crippen LogP contribution in [0.25, 0.3) is 0 Å². The molecule has 1 N–H and O–H groups in total. The molecule has 5 nitrogen and oxygen atoms in total. The molecule has 0 spiro atoms. The number of unbranched alkanes of at least 4 members (excludes halogenated alkanes) is 14. The van der Waals surface area contributed by atoms with E-state index in [0.717, 1.165) is 25.7 Å². The lowest BCUT2D eigenvalue weighted by atomic mass is 9.87. The molecule has 1 amide bonds. The quantitative estimate of drug-likeness (QED) is 0.149. The number of amides is 1. The summed E-state index contributed by atoms with van der Waals surface area (Å²) in [5.41, 5.74) is -0.434. The Bertz CT molecular complexity index is 459. The minimum absolute atomic E-state index is 0.368. The van der Waals surface area contributed by atoms with Crippen molar-refractivity contribution in [3.8, 4) is 0 Å². The average Bonchev–Trinajstić information content (AvgIpc) is 2.74. The Labute approximate surface area is 198 Å². The van der Waals surface area contributed by atoms with Gasteiger partial charge in [0.1, 0.15) is 6.04 Å². The smallest absolute Gasteiger partial charge is 0.407 e. The van der Waals surface area contributed by atoms with Crippen molar-refractivity contribution in [1.82, 2.24) is 5.32 Å². The number of rotatable bonds is 20. The number of alkyl carbamates (subject to hydrolysis) is 1. The first-order valence-corrected chi connectivity index (χ1v) is 13.4. The molecule has 0 aliphatic rings. The van der Waals surface area contributed by atoms with Gasteiger partial charge in [0, 0.05) is 0 Å². The molecule has 0 aromatic carbocycles. The lowest BCUT2D eigenvalue weighted by Gasteiger charge is -2.29. The van der Waals surface area contributed by atoms with E-state index in [2.05, 4.69) is 12.2 Å². The monoisotopic (exact) mass is 455 g/mol. The van der Waals surface area contributed by atoms with E-state index in [1.165, 1.54) is 77.0 Å². The lowest BCUT2D eigenvalue weighted by molar-refractivity contribution is -0.149. The van der Waals surface area contributed by atoms with Gasteiger partial charge in [-0.3, -0.25) is 0 Å². The third kappa shape index (κ3) is 18.3. The van der Waals surface area contributed by atoms with E-state index >= 15 is 0 Å². The van der Waals surface area contributed by atoms with Crippen LogP contribution < -0.4 is 5.32 Å². The third-order valence-electron chi connectivity index (χ3n) is 5.84. The van der Waals surface area contributed by atoms with Crippen molar-refractivity contribution in [1.29, 1.82) is 0 Å². The van der Waals surface area contributed by atoms with Crippen LogP contribution in [0.2, 0.25) is 0 Å². The second kappa shape index (κ2) is 20.4. The summed E-state index contributed by atoms with van der Waals surface area (Å²) in [7, 11) is 0. The van der Waals surface area contributed by atoms with Gasteiger partial charge in [0.15, 0.2) is 0 Å². The second-order valence-corrected chi connectivity index (χ2v) is 10.2. The maximum Gasteiger partial charge on any atom is 0.407 e. The van der Waals surface area contributed by atoms with Gasteiger partial charge in [-0.15, -0.1) is 0 Å². The van der Waals surface area contributed by atoms with Gasteiger partial charge >= 0.3 is 12.1 Å². The van der Waals surface area contributed by atoms with Crippen molar-refractivity contribution in [3.63, 3.8) is 0 Å². The van der Waals surface area contributed by atoms with Crippen molar-refractivity contribution >= 4 is 12.1 Å². The molecule has 32 heavy (non-hydrogen) atoms. The summed E-state index contributed by atoms with van der Waals surface area (Å²) in [5, 5.41) is 2.68. The van der Waals surface area contributed by atoms with E-state index in [4.69, 9.17) is 9.47 Å². The minimum atomic E-state index is -0.705. The number of ether oxygens (including phenoxy) is 2. The molecule has 5 heteroatoms. The van der Waals surface area contributed by atoms with Crippen LogP contribution in [0.5, 0.6) is 0 Å². The summed E-state index contributed by atoms with van der Waals surface area (Å²) in [5.74, 6) is -0.375. The number of esters is 1. The van der Waals surface area contributed by atoms with Crippen molar-refractivity contribution in [2.24, 2.45) is 5.41 Å². The van der Waals surface area contributed by atoms with Crippen molar-refractivity contribution in [3.05, 3.63) is 0 Å². The maximum absolute atomic E-state index is 12.5. The SMILES string of the molecule is CCCCCCCCCCCCCCCCOC(=O)C(NC(=O)OCCCC)C(C)(C)C. The highest BCUT2D eigenvalue weighted by Gasteiger charge is 2.34. The molecule has 0 rings (SSSR count). The highest BCUT2D eigenvalue weighted by molar-refractivity contribution is 5.82. The molecule has 1 unspecified atom stereocenters. The van der Waals surface area contributed by atoms with E-state index in [1.807, 2.05) is 27.7 Å². The number of carbonyl (C=O) groups is 2. The van der Waals surface area contributed by atoms with E-state index < -0.39 is 17.6 Å². The molecule has 0 radical (unpaired) electrons. The van der Waals surface area contributed by atoms with Crippen molar-refractivity contribution in [2.75, 3.05) is 13.2 Å². The minimum Gasteiger partial charge on any atom is -0.464 e. The Kier molecular flexibility index (Phi) is 19.6. The Morgan fingerprint density at radius 1 is 0.625 bits per heavy atom. The van der Waals surface area contributed by atoms with Crippen LogP contribution in [0.15, 0.2) is 0 Å². The number of hydrogen-bond acceptors (Lipinski definition) is 4. The normalized spacial score (nSPS) is 12.4. The number of carbonyl (C=O) groups excluding carboxylic acids is 2. The van der Waals surface area contributed by atoms with E-state index in [0.29, 0.717) is 13.2 Å². The van der Waals surface area contributed by atoms with Gasteiger partial charge in [-0.2, -0.15) is 0 Å². The lowest BCUT2D eigenvalue weighted by Crippen LogP contribution is -2.50. The molecule has 0 saturated heterocycles. The predicted molar refractivity (Wildman–Crippen MR) is 134 cm³/mol. The van der Waals surface area contributed by atoms with Crippen LogP contribution >= 0.6 is 0 Å². The fourth-order valence-corrected chi connectivity index (χ4v) is 3.65. The van der Waals surface area contributed by atoms with Gasteiger partial charge < -0.3 is 14.8 Å². The van der Waals surface area contributed by atoms with Gasteiger partial charge in [0.2, 0.25) is 0 Å². The molecular weight excluding hydrogens is 402 g/mol. The van der Waals surface area contributed by atoms with Crippen LogP contribution in [-0.2, 0) is 14.3 Å².